The minimum absolute atomic E-state index is 0.0195. The van der Waals surface area contributed by atoms with Crippen LogP contribution in [0.5, 0.6) is 0 Å². The molecule has 4 aromatic rings. The molecule has 0 aliphatic carbocycles. The van der Waals surface area contributed by atoms with Crippen molar-refractivity contribution in [1.82, 2.24) is 24.5 Å². The molecule has 3 aromatic heterocycles. The maximum absolute atomic E-state index is 12.3. The van der Waals surface area contributed by atoms with Crippen LogP contribution in [0.4, 0.5) is 0 Å². The summed E-state index contributed by atoms with van der Waals surface area (Å²) in [6.45, 7) is 3.28. The zero-order chi connectivity index (χ0) is 19.1. The van der Waals surface area contributed by atoms with E-state index in [1.807, 2.05) is 16.9 Å². The number of benzene rings is 1. The van der Waals surface area contributed by atoms with Crippen LogP contribution >= 0.6 is 0 Å². The number of fused-ring (bicyclic) bond motifs is 3. The Kier molecular flexibility index (Phi) is 3.97. The van der Waals surface area contributed by atoms with E-state index in [-0.39, 0.29) is 11.8 Å². The van der Waals surface area contributed by atoms with E-state index in [9.17, 15) is 4.79 Å². The minimum atomic E-state index is -0.0195. The van der Waals surface area contributed by atoms with Gasteiger partial charge in [-0.3, -0.25) is 9.48 Å². The van der Waals surface area contributed by atoms with Gasteiger partial charge in [-0.2, -0.15) is 5.10 Å². The molecular weight excluding hydrogens is 350 g/mol. The van der Waals surface area contributed by atoms with Crippen molar-refractivity contribution in [2.24, 2.45) is 0 Å². The Morgan fingerprint density at radius 1 is 1.18 bits per heavy atom. The SMILES string of the molecule is Cc1ccn2c3c(nc2c1)CNC(=O)CC3c1ccc(Cn2cccn2)cc1. The van der Waals surface area contributed by atoms with Crippen LogP contribution in [-0.4, -0.2) is 25.1 Å². The van der Waals surface area contributed by atoms with Gasteiger partial charge in [0.05, 0.1) is 24.5 Å². The van der Waals surface area contributed by atoms with Gasteiger partial charge < -0.3 is 9.72 Å². The summed E-state index contributed by atoms with van der Waals surface area (Å²) in [6, 6.07) is 14.6. The molecule has 0 bridgehead atoms. The second kappa shape index (κ2) is 6.64. The first kappa shape index (κ1) is 16.7. The number of hydrogen-bond acceptors (Lipinski definition) is 3. The molecule has 0 spiro atoms. The number of aryl methyl sites for hydroxylation is 1. The molecule has 1 N–H and O–H groups in total. The second-order valence-corrected chi connectivity index (χ2v) is 7.35. The van der Waals surface area contributed by atoms with Crippen molar-refractivity contribution in [3.63, 3.8) is 0 Å². The smallest absolute Gasteiger partial charge is 0.221 e. The molecule has 4 heterocycles. The van der Waals surface area contributed by atoms with Gasteiger partial charge in [-0.1, -0.05) is 24.3 Å². The highest BCUT2D eigenvalue weighted by atomic mass is 16.1. The van der Waals surface area contributed by atoms with Crippen LogP contribution in [0.2, 0.25) is 0 Å². The Hall–Kier alpha value is -3.41. The molecule has 6 heteroatoms. The highest BCUT2D eigenvalue weighted by molar-refractivity contribution is 5.78. The fourth-order valence-corrected chi connectivity index (χ4v) is 3.96. The number of carbonyl (C=O) groups is 1. The molecule has 1 unspecified atom stereocenters. The number of nitrogens with zero attached hydrogens (tertiary/aromatic N) is 4. The summed E-state index contributed by atoms with van der Waals surface area (Å²) >= 11 is 0. The van der Waals surface area contributed by atoms with Crippen LogP contribution in [0.1, 0.15) is 40.4 Å². The number of hydrogen-bond donors (Lipinski definition) is 1. The zero-order valence-electron chi connectivity index (χ0n) is 15.7. The quantitative estimate of drug-likeness (QED) is 0.602. The van der Waals surface area contributed by atoms with Crippen LogP contribution < -0.4 is 5.32 Å². The van der Waals surface area contributed by atoms with Gasteiger partial charge in [0.2, 0.25) is 5.91 Å². The summed E-state index contributed by atoms with van der Waals surface area (Å²) < 4.78 is 4.03. The van der Waals surface area contributed by atoms with Crippen LogP contribution in [0.15, 0.2) is 61.1 Å². The topological polar surface area (TPSA) is 64.2 Å². The molecule has 0 saturated heterocycles. The molecule has 0 radical (unpaired) electrons. The monoisotopic (exact) mass is 371 g/mol. The van der Waals surface area contributed by atoms with Crippen molar-refractivity contribution in [1.29, 1.82) is 0 Å². The van der Waals surface area contributed by atoms with E-state index >= 15 is 0 Å². The van der Waals surface area contributed by atoms with Gasteiger partial charge in [0.15, 0.2) is 0 Å². The van der Waals surface area contributed by atoms with E-state index in [0.29, 0.717) is 13.0 Å². The third kappa shape index (κ3) is 2.97. The molecular formula is C22H21N5O. The number of pyridine rings is 1. The lowest BCUT2D eigenvalue weighted by atomic mass is 9.91. The molecule has 140 valence electrons. The summed E-state index contributed by atoms with van der Waals surface area (Å²) in [6.07, 6.45) is 6.22. The minimum Gasteiger partial charge on any atom is -0.350 e. The maximum atomic E-state index is 12.3. The third-order valence-electron chi connectivity index (χ3n) is 5.35. The van der Waals surface area contributed by atoms with E-state index in [4.69, 9.17) is 4.98 Å². The van der Waals surface area contributed by atoms with Crippen LogP contribution in [0.3, 0.4) is 0 Å². The third-order valence-corrected chi connectivity index (χ3v) is 5.35. The van der Waals surface area contributed by atoms with Gasteiger partial charge in [0.1, 0.15) is 5.65 Å². The molecule has 0 saturated carbocycles. The summed E-state index contributed by atoms with van der Waals surface area (Å²) in [4.78, 5) is 17.1. The van der Waals surface area contributed by atoms with Crippen LogP contribution in [0.25, 0.3) is 5.65 Å². The van der Waals surface area contributed by atoms with Gasteiger partial charge in [-0.05, 0) is 41.8 Å². The van der Waals surface area contributed by atoms with E-state index < -0.39 is 0 Å². The van der Waals surface area contributed by atoms with Gasteiger partial charge in [0, 0.05) is 30.9 Å². The lowest BCUT2D eigenvalue weighted by Gasteiger charge is -2.16. The fraction of sp³-hybridized carbons (Fsp3) is 0.227. The molecule has 1 aliphatic heterocycles. The van der Waals surface area contributed by atoms with E-state index in [1.165, 1.54) is 11.1 Å². The maximum Gasteiger partial charge on any atom is 0.221 e. The number of nitrogens with one attached hydrogen (secondary N) is 1. The standard InChI is InChI=1S/C22H21N5O/c1-15-7-10-27-20(11-15)25-19-13-23-21(28)12-18(22(19)27)17-5-3-16(4-6-17)14-26-9-2-8-24-26/h2-11,18H,12-14H2,1H3,(H,23,28). The number of carbonyl (C=O) groups excluding carboxylic acids is 1. The van der Waals surface area contributed by atoms with Crippen LogP contribution in [-0.2, 0) is 17.9 Å². The molecule has 1 atom stereocenters. The average molecular weight is 371 g/mol. The predicted molar refractivity (Wildman–Crippen MR) is 106 cm³/mol. The van der Waals surface area contributed by atoms with Gasteiger partial charge in [-0.15, -0.1) is 0 Å². The van der Waals surface area contributed by atoms with Gasteiger partial charge in [0.25, 0.3) is 0 Å². The predicted octanol–water partition coefficient (Wildman–Crippen LogP) is 3.04. The summed E-state index contributed by atoms with van der Waals surface area (Å²) in [7, 11) is 0. The van der Waals surface area contributed by atoms with Crippen molar-refractivity contribution in [3.8, 4) is 0 Å². The molecule has 1 aliphatic rings. The van der Waals surface area contributed by atoms with Gasteiger partial charge in [-0.25, -0.2) is 4.98 Å². The molecule has 1 aromatic carbocycles. The first-order chi connectivity index (χ1) is 13.7. The highest BCUT2D eigenvalue weighted by Gasteiger charge is 2.28. The first-order valence-electron chi connectivity index (χ1n) is 9.48. The molecule has 28 heavy (non-hydrogen) atoms. The Morgan fingerprint density at radius 3 is 2.82 bits per heavy atom. The van der Waals surface area contributed by atoms with Crippen molar-refractivity contribution < 1.29 is 4.79 Å². The second-order valence-electron chi connectivity index (χ2n) is 7.35. The fourth-order valence-electron chi connectivity index (χ4n) is 3.96. The normalized spacial score (nSPS) is 16.6. The zero-order valence-corrected chi connectivity index (χ0v) is 15.7. The van der Waals surface area contributed by atoms with Crippen molar-refractivity contribution in [2.45, 2.75) is 32.4 Å². The summed E-state index contributed by atoms with van der Waals surface area (Å²) in [5.74, 6) is 0.0402. The first-order valence-corrected chi connectivity index (χ1v) is 9.48. The van der Waals surface area contributed by atoms with Crippen molar-refractivity contribution in [2.75, 3.05) is 0 Å². The summed E-state index contributed by atoms with van der Waals surface area (Å²) in [5, 5.41) is 7.25. The number of amides is 1. The number of imidazole rings is 1. The lowest BCUT2D eigenvalue weighted by molar-refractivity contribution is -0.121. The Balaban J connectivity index is 1.55. The Bertz CT molecular complexity index is 1140. The van der Waals surface area contributed by atoms with E-state index in [1.54, 1.807) is 6.20 Å². The average Bonchev–Trinajstić information content (AvgIpc) is 3.29. The number of rotatable bonds is 3. The molecule has 0 fully saturated rings. The van der Waals surface area contributed by atoms with E-state index in [0.717, 1.165) is 29.1 Å². The Morgan fingerprint density at radius 2 is 2.04 bits per heavy atom. The molecule has 6 nitrogen and oxygen atoms in total. The van der Waals surface area contributed by atoms with Crippen molar-refractivity contribution >= 4 is 11.6 Å². The largest absolute Gasteiger partial charge is 0.350 e. The highest BCUT2D eigenvalue weighted by Crippen LogP contribution is 2.33. The molecule has 1 amide bonds. The van der Waals surface area contributed by atoms with Crippen molar-refractivity contribution in [3.05, 3.63) is 89.1 Å². The van der Waals surface area contributed by atoms with Gasteiger partial charge >= 0.3 is 0 Å². The lowest BCUT2D eigenvalue weighted by Crippen LogP contribution is -2.21. The number of aromatic nitrogens is 4. The Labute approximate surface area is 162 Å². The van der Waals surface area contributed by atoms with E-state index in [2.05, 4.69) is 64.3 Å². The summed E-state index contributed by atoms with van der Waals surface area (Å²) in [5.41, 5.74) is 6.47. The molecule has 5 rings (SSSR count). The van der Waals surface area contributed by atoms with Crippen LogP contribution in [0, 0.1) is 6.92 Å².